The smallest absolute Gasteiger partial charge is 0.264 e. The number of hydrogen-bond donors (Lipinski definition) is 2. The van der Waals surface area contributed by atoms with E-state index in [0.717, 1.165) is 17.1 Å². The molecular formula is C18H21N3O2. The number of H-pyrrole nitrogens is 1. The van der Waals surface area contributed by atoms with Crippen LogP contribution < -0.4 is 15.8 Å². The Bertz CT molecular complexity index is 795. The molecule has 1 aliphatic rings. The number of amides is 1. The minimum absolute atomic E-state index is 0.151. The number of carbonyl (C=O) groups excluding carboxylic acids is 1. The zero-order chi connectivity index (χ0) is 16.6. The van der Waals surface area contributed by atoms with E-state index in [1.807, 2.05) is 24.3 Å². The highest BCUT2D eigenvalue weighted by Gasteiger charge is 2.30. The molecule has 5 nitrogen and oxygen atoms in total. The lowest BCUT2D eigenvalue weighted by Gasteiger charge is -2.37. The Hall–Kier alpha value is -2.56. The normalized spacial score (nSPS) is 16.9. The van der Waals surface area contributed by atoms with Crippen LogP contribution in [0.25, 0.3) is 0 Å². The summed E-state index contributed by atoms with van der Waals surface area (Å²) in [6.45, 7) is 6.57. The lowest BCUT2D eigenvalue weighted by Crippen LogP contribution is -2.48. The fourth-order valence-electron chi connectivity index (χ4n) is 2.83. The molecule has 0 saturated heterocycles. The molecule has 1 aliphatic heterocycles. The summed E-state index contributed by atoms with van der Waals surface area (Å²) < 4.78 is 0. The second kappa shape index (κ2) is 5.91. The van der Waals surface area contributed by atoms with Crippen molar-refractivity contribution in [3.8, 4) is 0 Å². The van der Waals surface area contributed by atoms with E-state index in [9.17, 15) is 9.59 Å². The first-order valence-corrected chi connectivity index (χ1v) is 7.84. The maximum absolute atomic E-state index is 12.9. The molecule has 1 unspecified atom stereocenters. The van der Waals surface area contributed by atoms with Gasteiger partial charge in [-0.3, -0.25) is 9.59 Å². The summed E-state index contributed by atoms with van der Waals surface area (Å²) in [5.41, 5.74) is 2.32. The van der Waals surface area contributed by atoms with Gasteiger partial charge in [0.1, 0.15) is 5.56 Å². The maximum atomic E-state index is 12.9. The lowest BCUT2D eigenvalue weighted by atomic mass is 9.99. The third kappa shape index (κ3) is 2.86. The van der Waals surface area contributed by atoms with Gasteiger partial charge >= 0.3 is 0 Å². The summed E-state index contributed by atoms with van der Waals surface area (Å²) in [6, 6.07) is 11.2. The number of fused-ring (bicyclic) bond motifs is 1. The predicted octanol–water partition coefficient (Wildman–Crippen LogP) is 2.78. The summed E-state index contributed by atoms with van der Waals surface area (Å²) in [4.78, 5) is 29.5. The van der Waals surface area contributed by atoms with Gasteiger partial charge in [0.15, 0.2) is 0 Å². The van der Waals surface area contributed by atoms with Gasteiger partial charge in [-0.05, 0) is 37.1 Å². The van der Waals surface area contributed by atoms with Crippen LogP contribution in [0.1, 0.15) is 29.9 Å². The van der Waals surface area contributed by atoms with E-state index >= 15 is 0 Å². The summed E-state index contributed by atoms with van der Waals surface area (Å²) in [5, 5.41) is 3.48. The quantitative estimate of drug-likeness (QED) is 0.896. The molecule has 2 N–H and O–H groups in total. The Kier molecular flexibility index (Phi) is 3.94. The summed E-state index contributed by atoms with van der Waals surface area (Å²) in [5.74, 6) is 0.112. The van der Waals surface area contributed by atoms with E-state index in [1.54, 1.807) is 24.0 Å². The van der Waals surface area contributed by atoms with Crippen LogP contribution in [-0.2, 0) is 0 Å². The van der Waals surface area contributed by atoms with Gasteiger partial charge in [0.05, 0.1) is 11.4 Å². The molecule has 1 aromatic carbocycles. The maximum Gasteiger partial charge on any atom is 0.264 e. The zero-order valence-corrected chi connectivity index (χ0v) is 13.6. The molecule has 0 fully saturated rings. The minimum Gasteiger partial charge on any atom is -0.379 e. The minimum atomic E-state index is -0.341. The predicted molar refractivity (Wildman–Crippen MR) is 92.2 cm³/mol. The number of aryl methyl sites for hydroxylation is 1. The Balaban J connectivity index is 2.03. The third-order valence-corrected chi connectivity index (χ3v) is 4.25. The number of nitrogens with one attached hydrogen (secondary N) is 2. The van der Waals surface area contributed by atoms with E-state index < -0.39 is 0 Å². The molecule has 120 valence electrons. The zero-order valence-electron chi connectivity index (χ0n) is 13.6. The van der Waals surface area contributed by atoms with Crippen molar-refractivity contribution in [2.45, 2.75) is 26.8 Å². The molecule has 0 radical (unpaired) electrons. The van der Waals surface area contributed by atoms with Gasteiger partial charge in [0.25, 0.3) is 11.5 Å². The average molecular weight is 311 g/mol. The van der Waals surface area contributed by atoms with Crippen LogP contribution in [0, 0.1) is 12.8 Å². The number of hydrogen-bond acceptors (Lipinski definition) is 3. The highest BCUT2D eigenvalue weighted by molar-refractivity contribution is 6.08. The van der Waals surface area contributed by atoms with Crippen LogP contribution in [-0.4, -0.2) is 23.5 Å². The lowest BCUT2D eigenvalue weighted by molar-refractivity contribution is 0.0982. The van der Waals surface area contributed by atoms with E-state index in [4.69, 9.17) is 0 Å². The molecule has 1 amide bonds. The topological polar surface area (TPSA) is 65.2 Å². The van der Waals surface area contributed by atoms with E-state index in [1.165, 1.54) is 0 Å². The first kappa shape index (κ1) is 15.3. The molecule has 2 heterocycles. The van der Waals surface area contributed by atoms with Crippen LogP contribution in [0.5, 0.6) is 0 Å². The van der Waals surface area contributed by atoms with Gasteiger partial charge in [-0.2, -0.15) is 0 Å². The third-order valence-electron chi connectivity index (χ3n) is 4.25. The van der Waals surface area contributed by atoms with Crippen molar-refractivity contribution in [1.29, 1.82) is 0 Å². The van der Waals surface area contributed by atoms with Gasteiger partial charge in [0, 0.05) is 18.3 Å². The number of aromatic amines is 1. The Morgan fingerprint density at radius 2 is 1.96 bits per heavy atom. The number of pyridine rings is 1. The number of nitrogens with zero attached hydrogens (tertiary/aromatic N) is 1. The van der Waals surface area contributed by atoms with Crippen molar-refractivity contribution in [2.75, 3.05) is 16.8 Å². The van der Waals surface area contributed by atoms with Gasteiger partial charge in [0.2, 0.25) is 0 Å². The van der Waals surface area contributed by atoms with Gasteiger partial charge in [-0.1, -0.05) is 26.0 Å². The fraction of sp³-hybridized carbons (Fsp3) is 0.333. The second-order valence-corrected chi connectivity index (χ2v) is 6.31. The number of aromatic nitrogens is 1. The van der Waals surface area contributed by atoms with Crippen LogP contribution >= 0.6 is 0 Å². The highest BCUT2D eigenvalue weighted by Crippen LogP contribution is 2.32. The molecule has 1 atom stereocenters. The molecule has 0 saturated carbocycles. The van der Waals surface area contributed by atoms with Crippen molar-refractivity contribution < 1.29 is 4.79 Å². The van der Waals surface area contributed by atoms with E-state index in [0.29, 0.717) is 12.5 Å². The molecule has 0 aliphatic carbocycles. The van der Waals surface area contributed by atoms with Crippen LogP contribution in [0.2, 0.25) is 0 Å². The van der Waals surface area contributed by atoms with E-state index in [-0.39, 0.29) is 23.1 Å². The molecule has 1 aromatic heterocycles. The highest BCUT2D eigenvalue weighted by atomic mass is 16.2. The van der Waals surface area contributed by atoms with Crippen LogP contribution in [0.15, 0.2) is 41.2 Å². The Labute approximate surface area is 135 Å². The molecule has 0 bridgehead atoms. The second-order valence-electron chi connectivity index (χ2n) is 6.31. The van der Waals surface area contributed by atoms with Crippen LogP contribution in [0.4, 0.5) is 11.4 Å². The molecular weight excluding hydrogens is 290 g/mol. The molecule has 2 aromatic rings. The number of carbonyl (C=O) groups is 1. The monoisotopic (exact) mass is 311 g/mol. The number of rotatable bonds is 2. The van der Waals surface area contributed by atoms with Crippen molar-refractivity contribution in [2.24, 2.45) is 5.92 Å². The Morgan fingerprint density at radius 1 is 1.22 bits per heavy atom. The van der Waals surface area contributed by atoms with Gasteiger partial charge < -0.3 is 15.2 Å². The average Bonchev–Trinajstić information content (AvgIpc) is 2.53. The SMILES string of the molecule is Cc1ccc(C(=O)N2CC(C(C)C)Nc3ccccc32)c(=O)[nH]1. The number of anilines is 2. The first-order valence-electron chi connectivity index (χ1n) is 7.84. The molecule has 5 heteroatoms. The first-order chi connectivity index (χ1) is 11.0. The number of benzene rings is 1. The van der Waals surface area contributed by atoms with Crippen molar-refractivity contribution in [3.63, 3.8) is 0 Å². The molecule has 23 heavy (non-hydrogen) atoms. The molecule has 0 spiro atoms. The fourth-order valence-corrected chi connectivity index (χ4v) is 2.83. The molecule has 3 rings (SSSR count). The summed E-state index contributed by atoms with van der Waals surface area (Å²) >= 11 is 0. The largest absolute Gasteiger partial charge is 0.379 e. The Morgan fingerprint density at radius 3 is 2.65 bits per heavy atom. The standard InChI is InChI=1S/C18H21N3O2/c1-11(2)15-10-21(16-7-5-4-6-14(16)20-15)18(23)13-9-8-12(3)19-17(13)22/h4-9,11,15,20H,10H2,1-3H3,(H,19,22). The summed E-state index contributed by atoms with van der Waals surface area (Å²) in [7, 11) is 0. The van der Waals surface area contributed by atoms with Gasteiger partial charge in [-0.25, -0.2) is 0 Å². The number of para-hydroxylation sites is 2. The van der Waals surface area contributed by atoms with Crippen LogP contribution in [0.3, 0.4) is 0 Å². The summed E-state index contributed by atoms with van der Waals surface area (Å²) in [6.07, 6.45) is 0. The van der Waals surface area contributed by atoms with Crippen molar-refractivity contribution in [1.82, 2.24) is 4.98 Å². The van der Waals surface area contributed by atoms with Crippen molar-refractivity contribution in [3.05, 3.63) is 58.0 Å². The van der Waals surface area contributed by atoms with Gasteiger partial charge in [-0.15, -0.1) is 0 Å². The van der Waals surface area contributed by atoms with E-state index in [2.05, 4.69) is 24.1 Å². The van der Waals surface area contributed by atoms with Crippen molar-refractivity contribution >= 4 is 17.3 Å².